The van der Waals surface area contributed by atoms with Crippen LogP contribution in [0.1, 0.15) is 67.8 Å². The molecule has 10 nitrogen and oxygen atoms in total. The van der Waals surface area contributed by atoms with Gasteiger partial charge in [0.15, 0.2) is 5.82 Å². The van der Waals surface area contributed by atoms with Crippen molar-refractivity contribution in [2.45, 2.75) is 77.7 Å². The molecular weight excluding hydrogens is 458 g/mol. The Balaban J connectivity index is 1.30. The molecule has 0 aliphatic carbocycles. The molecule has 0 bridgehead atoms. The van der Waals surface area contributed by atoms with Crippen LogP contribution in [0.25, 0.3) is 0 Å². The van der Waals surface area contributed by atoms with Crippen molar-refractivity contribution >= 4 is 17.8 Å². The van der Waals surface area contributed by atoms with Crippen LogP contribution in [0.4, 0.5) is 10.6 Å². The van der Waals surface area contributed by atoms with Gasteiger partial charge in [0.05, 0.1) is 17.8 Å². The molecule has 2 aromatic rings. The number of anilines is 1. The fourth-order valence-electron chi connectivity index (χ4n) is 5.80. The molecule has 3 aliphatic heterocycles. The third-order valence-corrected chi connectivity index (χ3v) is 8.02. The Morgan fingerprint density at radius 1 is 1.14 bits per heavy atom. The van der Waals surface area contributed by atoms with E-state index in [1.807, 2.05) is 36.6 Å². The Morgan fingerprint density at radius 2 is 1.89 bits per heavy atom. The molecule has 194 valence electrons. The van der Waals surface area contributed by atoms with E-state index < -0.39 is 5.54 Å². The summed E-state index contributed by atoms with van der Waals surface area (Å²) >= 11 is 0. The van der Waals surface area contributed by atoms with Crippen LogP contribution in [0.5, 0.6) is 0 Å². The van der Waals surface area contributed by atoms with Crippen molar-refractivity contribution in [2.75, 3.05) is 31.6 Å². The first-order valence-corrected chi connectivity index (χ1v) is 12.9. The number of fused-ring (bicyclic) bond motifs is 1. The maximum absolute atomic E-state index is 13.9. The zero-order chi connectivity index (χ0) is 25.6. The van der Waals surface area contributed by atoms with Crippen LogP contribution in [-0.2, 0) is 16.8 Å². The first-order valence-electron chi connectivity index (χ1n) is 12.9. The van der Waals surface area contributed by atoms with Crippen LogP contribution >= 0.6 is 0 Å². The zero-order valence-corrected chi connectivity index (χ0v) is 21.9. The third-order valence-electron chi connectivity index (χ3n) is 8.02. The van der Waals surface area contributed by atoms with Crippen LogP contribution in [-0.4, -0.2) is 86.2 Å². The number of carbonyl (C=O) groups excluding carboxylic acids is 2. The summed E-state index contributed by atoms with van der Waals surface area (Å²) in [6.45, 7) is 13.9. The van der Waals surface area contributed by atoms with Crippen LogP contribution in [0.15, 0.2) is 18.3 Å². The number of aromatic amines is 1. The van der Waals surface area contributed by atoms with Crippen molar-refractivity contribution in [3.63, 3.8) is 0 Å². The lowest BCUT2D eigenvalue weighted by Gasteiger charge is -2.49. The van der Waals surface area contributed by atoms with Gasteiger partial charge in [0.1, 0.15) is 5.69 Å². The van der Waals surface area contributed by atoms with E-state index in [1.165, 1.54) is 0 Å². The summed E-state index contributed by atoms with van der Waals surface area (Å²) in [6, 6.07) is 4.49. The van der Waals surface area contributed by atoms with E-state index in [1.54, 1.807) is 12.3 Å². The predicted octanol–water partition coefficient (Wildman–Crippen LogP) is 3.11. The van der Waals surface area contributed by atoms with E-state index in [0.29, 0.717) is 30.6 Å². The van der Waals surface area contributed by atoms with Crippen molar-refractivity contribution in [1.82, 2.24) is 29.9 Å². The van der Waals surface area contributed by atoms with Gasteiger partial charge in [-0.05, 0) is 59.1 Å². The molecule has 2 aromatic heterocycles. The summed E-state index contributed by atoms with van der Waals surface area (Å²) in [5.41, 5.74) is 2.43. The zero-order valence-electron chi connectivity index (χ0n) is 21.9. The van der Waals surface area contributed by atoms with Gasteiger partial charge in [0.25, 0.3) is 5.91 Å². The summed E-state index contributed by atoms with van der Waals surface area (Å²) in [4.78, 5) is 37.3. The number of rotatable bonds is 3. The average molecular weight is 496 g/mol. The highest BCUT2D eigenvalue weighted by Crippen LogP contribution is 2.41. The maximum Gasteiger partial charge on any atom is 0.321 e. The molecule has 0 radical (unpaired) electrons. The SMILES string of the molecule is Cc1ccc(C(=O)Nc2n[nH]c3c2CN(C(=O)N2C[C@@H](C)N(C4CCOCC4)C[C@@H]2C)C3(C)C)nc1. The van der Waals surface area contributed by atoms with Gasteiger partial charge in [-0.2, -0.15) is 5.10 Å². The molecule has 10 heteroatoms. The molecule has 3 aliphatic rings. The van der Waals surface area contributed by atoms with E-state index in [9.17, 15) is 9.59 Å². The lowest BCUT2D eigenvalue weighted by molar-refractivity contribution is -0.0237. The second-order valence-electron chi connectivity index (χ2n) is 10.9. The first kappa shape index (κ1) is 24.7. The minimum absolute atomic E-state index is 0.0213. The molecular formula is C26H37N7O3. The van der Waals surface area contributed by atoms with E-state index in [-0.39, 0.29) is 24.0 Å². The van der Waals surface area contributed by atoms with Crippen LogP contribution in [0.3, 0.4) is 0 Å². The minimum Gasteiger partial charge on any atom is -0.381 e. The Morgan fingerprint density at radius 3 is 2.58 bits per heavy atom. The molecule has 2 saturated heterocycles. The van der Waals surface area contributed by atoms with E-state index in [2.05, 4.69) is 39.2 Å². The van der Waals surface area contributed by atoms with Crippen molar-refractivity contribution in [3.8, 4) is 0 Å². The standard InChI is InChI=1S/C26H37N7O3/c1-16-6-7-21(27-12-16)24(34)28-23-20-15-33(26(4,5)22(20)29-30-23)25(35)32-14-17(2)31(13-18(32)3)19-8-10-36-11-9-19/h6-7,12,17-19H,8-11,13-15H2,1-5H3,(H2,28,29,30,34)/t17-,18+/m1/s1. The number of urea groups is 1. The van der Waals surface area contributed by atoms with Gasteiger partial charge in [-0.3, -0.25) is 19.8 Å². The second-order valence-corrected chi connectivity index (χ2v) is 10.9. The molecule has 2 N–H and O–H groups in total. The number of nitrogens with zero attached hydrogens (tertiary/aromatic N) is 5. The molecule has 0 saturated carbocycles. The molecule has 2 atom stereocenters. The summed E-state index contributed by atoms with van der Waals surface area (Å²) in [7, 11) is 0. The number of aromatic nitrogens is 3. The number of ether oxygens (including phenoxy) is 1. The van der Waals surface area contributed by atoms with Crippen LogP contribution in [0, 0.1) is 6.92 Å². The van der Waals surface area contributed by atoms with Gasteiger partial charge in [-0.1, -0.05) is 6.07 Å². The fourth-order valence-corrected chi connectivity index (χ4v) is 5.80. The van der Waals surface area contributed by atoms with Crippen LogP contribution in [0.2, 0.25) is 0 Å². The lowest BCUT2D eigenvalue weighted by Crippen LogP contribution is -2.63. The van der Waals surface area contributed by atoms with E-state index in [0.717, 1.165) is 49.4 Å². The molecule has 5 heterocycles. The topological polar surface area (TPSA) is 107 Å². The van der Waals surface area contributed by atoms with E-state index in [4.69, 9.17) is 4.74 Å². The Hall–Kier alpha value is -2.98. The van der Waals surface area contributed by atoms with Crippen LogP contribution < -0.4 is 5.32 Å². The highest BCUT2D eigenvalue weighted by atomic mass is 16.5. The Kier molecular flexibility index (Phi) is 6.50. The monoisotopic (exact) mass is 495 g/mol. The average Bonchev–Trinajstić information content (AvgIpc) is 3.38. The second kappa shape index (κ2) is 9.48. The molecule has 3 amide bonds. The molecule has 0 unspecified atom stereocenters. The number of amides is 3. The van der Waals surface area contributed by atoms with Crippen molar-refractivity contribution in [3.05, 3.63) is 40.8 Å². The number of hydrogen-bond donors (Lipinski definition) is 2. The quantitative estimate of drug-likeness (QED) is 0.678. The molecule has 5 rings (SSSR count). The number of nitrogens with one attached hydrogen (secondary N) is 2. The van der Waals surface area contributed by atoms with Gasteiger partial charge in [-0.25, -0.2) is 4.79 Å². The Labute approximate surface area is 212 Å². The lowest BCUT2D eigenvalue weighted by atomic mass is 9.99. The summed E-state index contributed by atoms with van der Waals surface area (Å²) in [6.07, 6.45) is 3.77. The Bertz CT molecular complexity index is 1120. The highest BCUT2D eigenvalue weighted by Gasteiger charge is 2.47. The van der Waals surface area contributed by atoms with Gasteiger partial charge in [-0.15, -0.1) is 0 Å². The van der Waals surface area contributed by atoms with Crippen molar-refractivity contribution < 1.29 is 14.3 Å². The van der Waals surface area contributed by atoms with Gasteiger partial charge < -0.3 is 19.9 Å². The first-order chi connectivity index (χ1) is 17.2. The summed E-state index contributed by atoms with van der Waals surface area (Å²) in [5, 5.41) is 10.3. The number of aryl methyl sites for hydroxylation is 1. The van der Waals surface area contributed by atoms with Gasteiger partial charge in [0, 0.05) is 56.2 Å². The number of carbonyl (C=O) groups is 2. The number of hydrogen-bond acceptors (Lipinski definition) is 6. The summed E-state index contributed by atoms with van der Waals surface area (Å²) < 4.78 is 5.55. The van der Waals surface area contributed by atoms with Crippen molar-refractivity contribution in [1.29, 1.82) is 0 Å². The summed E-state index contributed by atoms with van der Waals surface area (Å²) in [5.74, 6) is 0.130. The van der Waals surface area contributed by atoms with Crippen molar-refractivity contribution in [2.24, 2.45) is 0 Å². The minimum atomic E-state index is -0.578. The molecule has 0 aromatic carbocycles. The van der Waals surface area contributed by atoms with E-state index >= 15 is 0 Å². The number of piperazine rings is 1. The van der Waals surface area contributed by atoms with Gasteiger partial charge >= 0.3 is 6.03 Å². The predicted molar refractivity (Wildman–Crippen MR) is 136 cm³/mol. The largest absolute Gasteiger partial charge is 0.381 e. The number of H-pyrrole nitrogens is 1. The number of pyridine rings is 1. The third kappa shape index (κ3) is 4.37. The highest BCUT2D eigenvalue weighted by molar-refractivity contribution is 6.02. The normalized spacial score (nSPS) is 24.6. The molecule has 36 heavy (non-hydrogen) atoms. The van der Waals surface area contributed by atoms with Gasteiger partial charge in [0.2, 0.25) is 0 Å². The molecule has 2 fully saturated rings. The smallest absolute Gasteiger partial charge is 0.321 e. The fraction of sp³-hybridized carbons (Fsp3) is 0.615. The molecule has 0 spiro atoms. The maximum atomic E-state index is 13.9.